The number of carboxylic acids is 1. The maximum atomic E-state index is 11.6. The van der Waals surface area contributed by atoms with E-state index in [-0.39, 0.29) is 10.8 Å². The highest BCUT2D eigenvalue weighted by atomic mass is 16.4. The van der Waals surface area contributed by atoms with Gasteiger partial charge in [0.2, 0.25) is 0 Å². The van der Waals surface area contributed by atoms with Crippen molar-refractivity contribution < 1.29 is 9.90 Å². The lowest BCUT2D eigenvalue weighted by atomic mass is 9.32. The second-order valence-corrected chi connectivity index (χ2v) is 19.1. The molecule has 6 aliphatic rings. The van der Waals surface area contributed by atoms with E-state index in [4.69, 9.17) is 0 Å². The van der Waals surface area contributed by atoms with Crippen molar-refractivity contribution in [1.82, 2.24) is 10.2 Å². The maximum Gasteiger partial charge on any atom is 0.335 e. The van der Waals surface area contributed by atoms with E-state index in [0.717, 1.165) is 24.2 Å². The van der Waals surface area contributed by atoms with Crippen LogP contribution in [0.5, 0.6) is 0 Å². The molecule has 4 saturated carbocycles. The Kier molecular flexibility index (Phi) is 8.92. The van der Waals surface area contributed by atoms with Crippen molar-refractivity contribution in [3.05, 3.63) is 53.6 Å². The number of likely N-dealkylation sites (tertiary alicyclic amines) is 1. The van der Waals surface area contributed by atoms with Crippen LogP contribution in [0, 0.1) is 56.7 Å². The number of benzene rings is 1. The molecule has 0 spiro atoms. The lowest BCUT2D eigenvalue weighted by Crippen LogP contribution is -2.65. The van der Waals surface area contributed by atoms with Gasteiger partial charge in [-0.15, -0.1) is 0 Å². The van der Waals surface area contributed by atoms with E-state index in [1.807, 2.05) is 0 Å². The fourth-order valence-electron chi connectivity index (χ4n) is 14.3. The number of rotatable bonds is 9. The number of hydrogen-bond donors (Lipinski definition) is 2. The van der Waals surface area contributed by atoms with Gasteiger partial charge in [0.15, 0.2) is 0 Å². The van der Waals surface area contributed by atoms with Crippen molar-refractivity contribution >= 4 is 11.5 Å². The quantitative estimate of drug-likeness (QED) is 0.206. The molecule has 1 aromatic carbocycles. The standard InChI is InChI=1S/C44H66N2O2/c1-30(2)33-17-22-44(29-45-25-10-28-46-26-8-9-27-46)24-23-42(6)35(38(33)44)15-16-37-41(5)20-18-34(31-11-13-32(14-12-31)39(47)48)40(3,4)36(41)19-21-43(37,42)7/h11-14,18,33,35-38,45H,1,8-10,15-17,19-29H2,2-7H3,(H,47,48). The molecule has 0 amide bonds. The Morgan fingerprint density at radius 1 is 0.917 bits per heavy atom. The van der Waals surface area contributed by atoms with Crippen molar-refractivity contribution in [1.29, 1.82) is 0 Å². The predicted molar refractivity (Wildman–Crippen MR) is 199 cm³/mol. The van der Waals surface area contributed by atoms with Gasteiger partial charge >= 0.3 is 5.97 Å². The molecular weight excluding hydrogens is 588 g/mol. The first-order chi connectivity index (χ1) is 22.8. The van der Waals surface area contributed by atoms with E-state index in [1.54, 1.807) is 12.1 Å². The number of allylic oxidation sites excluding steroid dienone is 3. The molecule has 9 unspecified atom stereocenters. The third-order valence-corrected chi connectivity index (χ3v) is 16.8. The second kappa shape index (κ2) is 12.4. The highest BCUT2D eigenvalue weighted by Gasteiger charge is 2.70. The van der Waals surface area contributed by atoms with Gasteiger partial charge in [0.25, 0.3) is 0 Å². The van der Waals surface area contributed by atoms with Crippen LogP contribution >= 0.6 is 0 Å². The van der Waals surface area contributed by atoms with Crippen molar-refractivity contribution in [2.45, 2.75) is 119 Å². The highest BCUT2D eigenvalue weighted by molar-refractivity contribution is 5.88. The molecule has 0 aromatic heterocycles. The first-order valence-corrected chi connectivity index (χ1v) is 19.9. The molecule has 7 rings (SSSR count). The molecular formula is C44H66N2O2. The Hall–Kier alpha value is -1.91. The summed E-state index contributed by atoms with van der Waals surface area (Å²) < 4.78 is 0. The van der Waals surface area contributed by atoms with E-state index in [0.29, 0.717) is 33.6 Å². The topological polar surface area (TPSA) is 52.6 Å². The van der Waals surface area contributed by atoms with Gasteiger partial charge in [-0.1, -0.05) is 65.0 Å². The van der Waals surface area contributed by atoms with Gasteiger partial charge in [-0.3, -0.25) is 0 Å². The largest absolute Gasteiger partial charge is 0.478 e. The third kappa shape index (κ3) is 5.23. The molecule has 1 aromatic rings. The summed E-state index contributed by atoms with van der Waals surface area (Å²) in [6.07, 6.45) is 18.7. The highest BCUT2D eigenvalue weighted by Crippen LogP contribution is 2.77. The molecule has 1 saturated heterocycles. The van der Waals surface area contributed by atoms with Crippen LogP contribution in [0.4, 0.5) is 0 Å². The number of nitrogens with zero attached hydrogens (tertiary/aromatic N) is 1. The Bertz CT molecular complexity index is 1420. The molecule has 9 atom stereocenters. The summed E-state index contributed by atoms with van der Waals surface area (Å²) in [5, 5.41) is 13.5. The number of carbonyl (C=O) groups is 1. The minimum atomic E-state index is -0.849. The van der Waals surface area contributed by atoms with Crippen LogP contribution in [0.25, 0.3) is 5.57 Å². The van der Waals surface area contributed by atoms with Gasteiger partial charge in [-0.05, 0) is 190 Å². The number of hydrogen-bond acceptors (Lipinski definition) is 3. The average Bonchev–Trinajstić information content (AvgIpc) is 3.70. The summed E-state index contributed by atoms with van der Waals surface area (Å²) in [4.78, 5) is 14.2. The smallest absolute Gasteiger partial charge is 0.335 e. The SMILES string of the molecule is C=C(C)C1CCC2(CNCCCN3CCCC3)CCC3(C)C(CCC4C5(C)CC=C(c6ccc(C(=O)O)cc6)C(C)(C)C5CCC43C)C12. The van der Waals surface area contributed by atoms with Crippen molar-refractivity contribution in [3.63, 3.8) is 0 Å². The molecule has 5 fully saturated rings. The molecule has 2 N–H and O–H groups in total. The van der Waals surface area contributed by atoms with E-state index < -0.39 is 5.97 Å². The van der Waals surface area contributed by atoms with Gasteiger partial charge < -0.3 is 15.3 Å². The lowest BCUT2D eigenvalue weighted by molar-refractivity contribution is -0.225. The predicted octanol–water partition coefficient (Wildman–Crippen LogP) is 10.1. The minimum absolute atomic E-state index is 0.0511. The van der Waals surface area contributed by atoms with Gasteiger partial charge in [0.05, 0.1) is 5.56 Å². The Labute approximate surface area is 292 Å². The number of aromatic carboxylic acids is 1. The van der Waals surface area contributed by atoms with Crippen LogP contribution in [0.15, 0.2) is 42.5 Å². The molecule has 4 heteroatoms. The zero-order valence-corrected chi connectivity index (χ0v) is 31.3. The zero-order valence-electron chi connectivity index (χ0n) is 31.3. The summed E-state index contributed by atoms with van der Waals surface area (Å²) in [5.74, 6) is 2.75. The summed E-state index contributed by atoms with van der Waals surface area (Å²) in [6, 6.07) is 7.68. The van der Waals surface area contributed by atoms with Crippen LogP contribution < -0.4 is 5.32 Å². The summed E-state index contributed by atoms with van der Waals surface area (Å²) in [5.41, 5.74) is 5.94. The summed E-state index contributed by atoms with van der Waals surface area (Å²) in [6.45, 7) is 26.4. The Morgan fingerprint density at radius 2 is 1.65 bits per heavy atom. The number of carboxylic acid groups (broad SMARTS) is 1. The molecule has 48 heavy (non-hydrogen) atoms. The van der Waals surface area contributed by atoms with Crippen LogP contribution in [-0.4, -0.2) is 48.7 Å². The Balaban J connectivity index is 1.13. The molecule has 0 radical (unpaired) electrons. The van der Waals surface area contributed by atoms with Crippen LogP contribution in [0.1, 0.15) is 135 Å². The van der Waals surface area contributed by atoms with Crippen molar-refractivity contribution in [3.8, 4) is 0 Å². The van der Waals surface area contributed by atoms with E-state index in [9.17, 15) is 9.90 Å². The molecule has 264 valence electrons. The van der Waals surface area contributed by atoms with Crippen molar-refractivity contribution in [2.24, 2.45) is 56.7 Å². The van der Waals surface area contributed by atoms with E-state index in [1.165, 1.54) is 120 Å². The molecule has 4 nitrogen and oxygen atoms in total. The maximum absolute atomic E-state index is 11.6. The molecule has 0 bridgehead atoms. The first kappa shape index (κ1) is 34.5. The lowest BCUT2D eigenvalue weighted by Gasteiger charge is -2.72. The van der Waals surface area contributed by atoms with E-state index in [2.05, 4.69) is 76.5 Å². The molecule has 5 aliphatic carbocycles. The zero-order chi connectivity index (χ0) is 34.1. The number of nitrogens with one attached hydrogen (secondary N) is 1. The average molecular weight is 655 g/mol. The van der Waals surface area contributed by atoms with Gasteiger partial charge in [-0.2, -0.15) is 0 Å². The van der Waals surface area contributed by atoms with Crippen molar-refractivity contribution in [2.75, 3.05) is 32.7 Å². The van der Waals surface area contributed by atoms with Crippen LogP contribution in [-0.2, 0) is 0 Å². The minimum Gasteiger partial charge on any atom is -0.478 e. The van der Waals surface area contributed by atoms with Gasteiger partial charge in [0, 0.05) is 6.54 Å². The Morgan fingerprint density at radius 3 is 2.33 bits per heavy atom. The fraction of sp³-hybridized carbons (Fsp3) is 0.750. The number of fused-ring (bicyclic) bond motifs is 7. The van der Waals surface area contributed by atoms with Gasteiger partial charge in [-0.25, -0.2) is 4.79 Å². The monoisotopic (exact) mass is 655 g/mol. The summed E-state index contributed by atoms with van der Waals surface area (Å²) >= 11 is 0. The third-order valence-electron chi connectivity index (χ3n) is 16.8. The molecule has 1 aliphatic heterocycles. The second-order valence-electron chi connectivity index (χ2n) is 19.1. The summed E-state index contributed by atoms with van der Waals surface area (Å²) in [7, 11) is 0. The molecule has 1 heterocycles. The normalized spacial score (nSPS) is 41.9. The van der Waals surface area contributed by atoms with Crippen LogP contribution in [0.3, 0.4) is 0 Å². The van der Waals surface area contributed by atoms with Gasteiger partial charge in [0.1, 0.15) is 0 Å². The van der Waals surface area contributed by atoms with Crippen LogP contribution in [0.2, 0.25) is 0 Å². The fourth-order valence-corrected chi connectivity index (χ4v) is 14.3. The van der Waals surface area contributed by atoms with E-state index >= 15 is 0 Å². The first-order valence-electron chi connectivity index (χ1n) is 19.9.